The first-order valence-electron chi connectivity index (χ1n) is 3.97. The van der Waals surface area contributed by atoms with Crippen LogP contribution in [0.3, 0.4) is 0 Å². The maximum atomic E-state index is 10.6. The van der Waals surface area contributed by atoms with Gasteiger partial charge in [0.05, 0.1) is 6.54 Å². The molecule has 76 valence electrons. The van der Waals surface area contributed by atoms with Crippen LogP contribution in [0.15, 0.2) is 6.33 Å². The van der Waals surface area contributed by atoms with Crippen LogP contribution in [-0.4, -0.2) is 38.3 Å². The van der Waals surface area contributed by atoms with Gasteiger partial charge in [-0.25, -0.2) is 14.5 Å². The fourth-order valence-corrected chi connectivity index (χ4v) is 0.931. The molecule has 0 saturated heterocycles. The van der Waals surface area contributed by atoms with Gasteiger partial charge in [0, 0.05) is 13.5 Å². The van der Waals surface area contributed by atoms with Gasteiger partial charge < -0.3 is 10.4 Å². The zero-order chi connectivity index (χ0) is 10.6. The van der Waals surface area contributed by atoms with Crippen LogP contribution in [0, 0.1) is 0 Å². The molecule has 0 spiro atoms. The van der Waals surface area contributed by atoms with Crippen LogP contribution in [0.4, 0.5) is 0 Å². The van der Waals surface area contributed by atoms with E-state index in [0.29, 0.717) is 13.1 Å². The number of carboxylic acid groups (broad SMARTS) is 1. The van der Waals surface area contributed by atoms with Crippen molar-refractivity contribution in [3.8, 4) is 0 Å². The number of aromatic carboxylic acids is 1. The second-order valence-electron chi connectivity index (χ2n) is 2.59. The average Bonchev–Trinajstić information content (AvgIpc) is 2.51. The Morgan fingerprint density at radius 1 is 1.64 bits per heavy atom. The second-order valence-corrected chi connectivity index (χ2v) is 2.59. The van der Waals surface area contributed by atoms with E-state index in [1.165, 1.54) is 11.6 Å². The van der Waals surface area contributed by atoms with E-state index in [0.717, 1.165) is 6.33 Å². The predicted octanol–water partition coefficient (Wildman–Crippen LogP) is -0.888. The number of rotatable bonds is 4. The van der Waals surface area contributed by atoms with Crippen molar-refractivity contribution in [2.24, 2.45) is 0 Å². The fraction of sp³-hybridized carbons (Fsp3) is 0.429. The molecule has 0 aliphatic heterocycles. The monoisotopic (exact) mass is 198 g/mol. The molecule has 1 aromatic rings. The lowest BCUT2D eigenvalue weighted by atomic mass is 10.5. The number of hydrogen-bond donors (Lipinski definition) is 2. The first-order chi connectivity index (χ1) is 6.61. The molecular formula is C7H10N4O3. The molecule has 0 unspecified atom stereocenters. The molecule has 7 nitrogen and oxygen atoms in total. The van der Waals surface area contributed by atoms with Crippen LogP contribution in [0.25, 0.3) is 0 Å². The average molecular weight is 198 g/mol. The van der Waals surface area contributed by atoms with Gasteiger partial charge in [-0.05, 0) is 0 Å². The Kier molecular flexibility index (Phi) is 3.16. The number of amides is 1. The van der Waals surface area contributed by atoms with Crippen molar-refractivity contribution in [2.45, 2.75) is 13.5 Å². The number of carbonyl (C=O) groups excluding carboxylic acids is 1. The minimum atomic E-state index is -1.13. The van der Waals surface area contributed by atoms with Crippen LogP contribution < -0.4 is 5.32 Å². The summed E-state index contributed by atoms with van der Waals surface area (Å²) in [4.78, 5) is 24.6. The number of nitrogens with zero attached hydrogens (tertiary/aromatic N) is 3. The Balaban J connectivity index is 2.54. The lowest BCUT2D eigenvalue weighted by molar-refractivity contribution is -0.118. The van der Waals surface area contributed by atoms with Gasteiger partial charge in [0.15, 0.2) is 0 Å². The van der Waals surface area contributed by atoms with Crippen LogP contribution >= 0.6 is 0 Å². The standard InChI is InChI=1S/C7H10N4O3/c1-5(12)8-2-3-11-6(7(13)14)9-4-10-11/h4H,2-3H2,1H3,(H,8,12)(H,13,14). The minimum Gasteiger partial charge on any atom is -0.475 e. The molecule has 14 heavy (non-hydrogen) atoms. The summed E-state index contributed by atoms with van der Waals surface area (Å²) < 4.78 is 1.22. The summed E-state index contributed by atoms with van der Waals surface area (Å²) in [5.41, 5.74) is 0. The SMILES string of the molecule is CC(=O)NCCn1ncnc1C(=O)O. The zero-order valence-electron chi connectivity index (χ0n) is 7.60. The highest BCUT2D eigenvalue weighted by Gasteiger charge is 2.11. The van der Waals surface area contributed by atoms with E-state index in [9.17, 15) is 9.59 Å². The van der Waals surface area contributed by atoms with Crippen LogP contribution in [0.5, 0.6) is 0 Å². The predicted molar refractivity (Wildman–Crippen MR) is 45.7 cm³/mol. The van der Waals surface area contributed by atoms with Crippen molar-refractivity contribution in [1.29, 1.82) is 0 Å². The first-order valence-corrected chi connectivity index (χ1v) is 3.97. The number of carbonyl (C=O) groups is 2. The van der Waals surface area contributed by atoms with Crippen molar-refractivity contribution in [3.63, 3.8) is 0 Å². The largest absolute Gasteiger partial charge is 0.475 e. The van der Waals surface area contributed by atoms with Gasteiger partial charge in [0.2, 0.25) is 11.7 Å². The van der Waals surface area contributed by atoms with Crippen molar-refractivity contribution in [2.75, 3.05) is 6.54 Å². The second kappa shape index (κ2) is 4.35. The lowest BCUT2D eigenvalue weighted by Gasteiger charge is -2.03. The number of hydrogen-bond acceptors (Lipinski definition) is 4. The summed E-state index contributed by atoms with van der Waals surface area (Å²) in [6.07, 6.45) is 1.16. The molecule has 1 aromatic heterocycles. The summed E-state index contributed by atoms with van der Waals surface area (Å²) in [6, 6.07) is 0. The van der Waals surface area contributed by atoms with Gasteiger partial charge in [-0.15, -0.1) is 0 Å². The van der Waals surface area contributed by atoms with E-state index in [-0.39, 0.29) is 11.7 Å². The Morgan fingerprint density at radius 2 is 2.36 bits per heavy atom. The summed E-state index contributed by atoms with van der Waals surface area (Å²) in [5, 5.41) is 14.9. The third-order valence-corrected chi connectivity index (χ3v) is 1.50. The lowest BCUT2D eigenvalue weighted by Crippen LogP contribution is -2.26. The summed E-state index contributed by atoms with van der Waals surface area (Å²) in [7, 11) is 0. The van der Waals surface area contributed by atoms with Crippen molar-refractivity contribution >= 4 is 11.9 Å². The van der Waals surface area contributed by atoms with Crippen molar-refractivity contribution in [3.05, 3.63) is 12.2 Å². The molecule has 0 aliphatic rings. The normalized spacial score (nSPS) is 9.79. The quantitative estimate of drug-likeness (QED) is 0.654. The molecule has 0 radical (unpaired) electrons. The van der Waals surface area contributed by atoms with E-state index in [1.54, 1.807) is 0 Å². The van der Waals surface area contributed by atoms with Crippen LogP contribution in [-0.2, 0) is 11.3 Å². The zero-order valence-corrected chi connectivity index (χ0v) is 7.60. The maximum absolute atomic E-state index is 10.6. The Hall–Kier alpha value is -1.92. The van der Waals surface area contributed by atoms with Gasteiger partial charge in [0.25, 0.3) is 0 Å². The van der Waals surface area contributed by atoms with Gasteiger partial charge in [-0.2, -0.15) is 5.10 Å². The highest BCUT2D eigenvalue weighted by Crippen LogP contribution is 1.92. The molecule has 1 rings (SSSR count). The number of carboxylic acids is 1. The van der Waals surface area contributed by atoms with Gasteiger partial charge in [-0.1, -0.05) is 0 Å². The van der Waals surface area contributed by atoms with Crippen LogP contribution in [0.1, 0.15) is 17.5 Å². The van der Waals surface area contributed by atoms with E-state index in [2.05, 4.69) is 15.4 Å². The Morgan fingerprint density at radius 3 is 2.93 bits per heavy atom. The fourth-order valence-electron chi connectivity index (χ4n) is 0.931. The first kappa shape index (κ1) is 10.2. The van der Waals surface area contributed by atoms with Crippen molar-refractivity contribution in [1.82, 2.24) is 20.1 Å². The van der Waals surface area contributed by atoms with Crippen LogP contribution in [0.2, 0.25) is 0 Å². The summed E-state index contributed by atoms with van der Waals surface area (Å²) >= 11 is 0. The third-order valence-electron chi connectivity index (χ3n) is 1.50. The number of nitrogens with one attached hydrogen (secondary N) is 1. The Labute approximate surface area is 79.8 Å². The minimum absolute atomic E-state index is 0.129. The molecule has 0 fully saturated rings. The molecule has 7 heteroatoms. The van der Waals surface area contributed by atoms with Crippen molar-refractivity contribution < 1.29 is 14.7 Å². The van der Waals surface area contributed by atoms with E-state index in [1.807, 2.05) is 0 Å². The molecule has 1 heterocycles. The number of aromatic nitrogens is 3. The van der Waals surface area contributed by atoms with Gasteiger partial charge >= 0.3 is 5.97 Å². The van der Waals surface area contributed by atoms with Gasteiger partial charge in [-0.3, -0.25) is 4.79 Å². The maximum Gasteiger partial charge on any atom is 0.373 e. The molecular weight excluding hydrogens is 188 g/mol. The van der Waals surface area contributed by atoms with E-state index >= 15 is 0 Å². The van der Waals surface area contributed by atoms with E-state index in [4.69, 9.17) is 5.11 Å². The highest BCUT2D eigenvalue weighted by molar-refractivity contribution is 5.83. The highest BCUT2D eigenvalue weighted by atomic mass is 16.4. The topological polar surface area (TPSA) is 97.1 Å². The van der Waals surface area contributed by atoms with Gasteiger partial charge in [0.1, 0.15) is 6.33 Å². The molecule has 1 amide bonds. The third kappa shape index (κ3) is 2.54. The summed E-state index contributed by atoms with van der Waals surface area (Å²) in [5.74, 6) is -1.43. The Bertz CT molecular complexity index is 346. The molecule has 0 aliphatic carbocycles. The molecule has 0 bridgehead atoms. The molecule has 0 atom stereocenters. The molecule has 2 N–H and O–H groups in total. The summed E-state index contributed by atoms with van der Waals surface area (Å²) in [6.45, 7) is 2.01. The molecule has 0 aromatic carbocycles. The molecule has 0 saturated carbocycles. The van der Waals surface area contributed by atoms with E-state index < -0.39 is 5.97 Å². The smallest absolute Gasteiger partial charge is 0.373 e.